The topological polar surface area (TPSA) is 59.8 Å². The zero-order chi connectivity index (χ0) is 22.2. The Morgan fingerprint density at radius 2 is 1.81 bits per heavy atom. The minimum Gasteiger partial charge on any atom is -0.494 e. The van der Waals surface area contributed by atoms with Crippen LogP contribution in [-0.2, 0) is 13.1 Å². The third-order valence-electron chi connectivity index (χ3n) is 5.95. The summed E-state index contributed by atoms with van der Waals surface area (Å²) in [6.07, 6.45) is 6.50. The minimum atomic E-state index is -0.815. The van der Waals surface area contributed by atoms with E-state index in [4.69, 9.17) is 9.47 Å². The molecule has 6 nitrogen and oxygen atoms in total. The third kappa shape index (κ3) is 6.34. The van der Waals surface area contributed by atoms with Crippen molar-refractivity contribution in [2.24, 2.45) is 0 Å². The Bertz CT molecular complexity index is 958. The lowest BCUT2D eigenvalue weighted by Gasteiger charge is -2.39. The van der Waals surface area contributed by atoms with Gasteiger partial charge in [0.25, 0.3) is 0 Å². The fraction of sp³-hybridized carbons (Fsp3) is 0.423. The Labute approximate surface area is 190 Å². The van der Waals surface area contributed by atoms with Crippen molar-refractivity contribution in [2.75, 3.05) is 26.3 Å². The van der Waals surface area contributed by atoms with Crippen LogP contribution < -0.4 is 9.47 Å². The molecule has 1 fully saturated rings. The number of ether oxygens (including phenoxy) is 2. The smallest absolute Gasteiger partial charge is 0.119 e. The van der Waals surface area contributed by atoms with E-state index in [2.05, 4.69) is 26.6 Å². The normalized spacial score (nSPS) is 19.1. The van der Waals surface area contributed by atoms with Gasteiger partial charge >= 0.3 is 0 Å². The van der Waals surface area contributed by atoms with Gasteiger partial charge in [-0.3, -0.25) is 4.90 Å². The van der Waals surface area contributed by atoms with Crippen molar-refractivity contribution in [3.05, 3.63) is 78.4 Å². The van der Waals surface area contributed by atoms with E-state index < -0.39 is 5.60 Å². The molecule has 1 unspecified atom stereocenters. The van der Waals surface area contributed by atoms with Crippen molar-refractivity contribution in [1.29, 1.82) is 0 Å². The average Bonchev–Trinajstić information content (AvgIpc) is 3.22. The van der Waals surface area contributed by atoms with Gasteiger partial charge in [0.05, 0.1) is 6.61 Å². The zero-order valence-electron chi connectivity index (χ0n) is 18.8. The van der Waals surface area contributed by atoms with Crippen molar-refractivity contribution in [3.63, 3.8) is 0 Å². The van der Waals surface area contributed by atoms with Crippen LogP contribution in [0.4, 0.5) is 0 Å². The lowest BCUT2D eigenvalue weighted by Crippen LogP contribution is -2.51. The van der Waals surface area contributed by atoms with E-state index in [9.17, 15) is 5.11 Å². The molecule has 3 aromatic rings. The number of aliphatic hydroxyl groups is 1. The van der Waals surface area contributed by atoms with Crippen LogP contribution >= 0.6 is 0 Å². The summed E-state index contributed by atoms with van der Waals surface area (Å²) >= 11 is 0. The summed E-state index contributed by atoms with van der Waals surface area (Å²) in [6, 6.07) is 18.0. The van der Waals surface area contributed by atoms with Crippen molar-refractivity contribution >= 4 is 0 Å². The summed E-state index contributed by atoms with van der Waals surface area (Å²) in [6.45, 7) is 6.34. The highest BCUT2D eigenvalue weighted by Gasteiger charge is 2.34. The summed E-state index contributed by atoms with van der Waals surface area (Å²) in [5.41, 5.74) is 0.407. The van der Waals surface area contributed by atoms with Crippen molar-refractivity contribution in [2.45, 2.75) is 44.9 Å². The number of hydrogen-bond acceptors (Lipinski definition) is 5. The second-order valence-electron chi connectivity index (χ2n) is 8.65. The number of nitrogens with zero attached hydrogens (tertiary/aromatic N) is 3. The van der Waals surface area contributed by atoms with Crippen LogP contribution in [0.15, 0.2) is 67.0 Å². The fourth-order valence-corrected chi connectivity index (χ4v) is 4.21. The standard InChI is InChI=1S/C26H33N3O3/c1-22-27-14-17-29(22)16-6-18-31-25-11-9-23(10-12-25)19-28-15-5-13-26(30,20-28)21-32-24-7-3-2-4-8-24/h2-4,7-12,14,17,30H,5-6,13,15-16,18-21H2,1H3. The first kappa shape index (κ1) is 22.4. The quantitative estimate of drug-likeness (QED) is 0.487. The van der Waals surface area contributed by atoms with Crippen LogP contribution in [0, 0.1) is 6.92 Å². The number of β-amino-alcohol motifs (C(OH)–C–C–N with tert-alkyl or cyclic N) is 1. The van der Waals surface area contributed by atoms with Gasteiger partial charge in [0.2, 0.25) is 0 Å². The summed E-state index contributed by atoms with van der Waals surface area (Å²) in [5, 5.41) is 11.0. The molecule has 0 amide bonds. The van der Waals surface area contributed by atoms with E-state index in [0.717, 1.165) is 56.2 Å². The van der Waals surface area contributed by atoms with Crippen molar-refractivity contribution < 1.29 is 14.6 Å². The molecule has 0 bridgehead atoms. The molecule has 1 aromatic heterocycles. The highest BCUT2D eigenvalue weighted by molar-refractivity contribution is 5.27. The lowest BCUT2D eigenvalue weighted by molar-refractivity contribution is -0.0621. The summed E-state index contributed by atoms with van der Waals surface area (Å²) in [4.78, 5) is 6.55. The maximum absolute atomic E-state index is 11.0. The van der Waals surface area contributed by atoms with Crippen molar-refractivity contribution in [3.8, 4) is 11.5 Å². The molecule has 0 aliphatic carbocycles. The average molecular weight is 436 g/mol. The number of rotatable bonds is 10. The second-order valence-corrected chi connectivity index (χ2v) is 8.65. The Kier molecular flexibility index (Phi) is 7.45. The number of hydrogen-bond donors (Lipinski definition) is 1. The van der Waals surface area contributed by atoms with E-state index in [1.165, 1.54) is 5.56 Å². The van der Waals surface area contributed by atoms with Crippen LogP contribution in [-0.4, -0.2) is 51.5 Å². The second kappa shape index (κ2) is 10.7. The first-order chi connectivity index (χ1) is 15.6. The minimum absolute atomic E-state index is 0.318. The van der Waals surface area contributed by atoms with Gasteiger partial charge in [0.1, 0.15) is 29.5 Å². The van der Waals surface area contributed by atoms with Gasteiger partial charge in [-0.2, -0.15) is 0 Å². The van der Waals surface area contributed by atoms with Crippen LogP contribution in [0.3, 0.4) is 0 Å². The number of benzene rings is 2. The Morgan fingerprint density at radius 1 is 1.03 bits per heavy atom. The Hall–Kier alpha value is -2.83. The maximum atomic E-state index is 11.0. The number of piperidine rings is 1. The van der Waals surface area contributed by atoms with Crippen LogP contribution in [0.25, 0.3) is 0 Å². The molecule has 6 heteroatoms. The van der Waals surface area contributed by atoms with Gasteiger partial charge in [0.15, 0.2) is 0 Å². The number of aromatic nitrogens is 2. The molecule has 2 aromatic carbocycles. The van der Waals surface area contributed by atoms with E-state index in [-0.39, 0.29) is 0 Å². The lowest BCUT2D eigenvalue weighted by atomic mass is 9.93. The summed E-state index contributed by atoms with van der Waals surface area (Å²) < 4.78 is 13.9. The first-order valence-electron chi connectivity index (χ1n) is 11.4. The zero-order valence-corrected chi connectivity index (χ0v) is 18.8. The van der Waals surface area contributed by atoms with Gasteiger partial charge < -0.3 is 19.1 Å². The molecule has 0 spiro atoms. The molecular formula is C26H33N3O3. The monoisotopic (exact) mass is 435 g/mol. The maximum Gasteiger partial charge on any atom is 0.119 e. The highest BCUT2D eigenvalue weighted by atomic mass is 16.5. The third-order valence-corrected chi connectivity index (χ3v) is 5.95. The molecule has 0 radical (unpaired) electrons. The SMILES string of the molecule is Cc1nccn1CCCOc1ccc(CN2CCCC(O)(COc3ccccc3)C2)cc1. The van der Waals surface area contributed by atoms with Gasteiger partial charge in [-0.15, -0.1) is 0 Å². The van der Waals surface area contributed by atoms with E-state index >= 15 is 0 Å². The van der Waals surface area contributed by atoms with Crippen molar-refractivity contribution in [1.82, 2.24) is 14.5 Å². The molecule has 2 heterocycles. The number of para-hydroxylation sites is 1. The number of likely N-dealkylation sites (tertiary alicyclic amines) is 1. The van der Waals surface area contributed by atoms with Crippen LogP contribution in [0.1, 0.15) is 30.7 Å². The molecule has 1 atom stereocenters. The number of imidazole rings is 1. The molecule has 1 saturated heterocycles. The van der Waals surface area contributed by atoms with E-state index in [0.29, 0.717) is 19.8 Å². The Morgan fingerprint density at radius 3 is 2.56 bits per heavy atom. The van der Waals surface area contributed by atoms with Gasteiger partial charge in [-0.25, -0.2) is 4.98 Å². The van der Waals surface area contributed by atoms with Gasteiger partial charge in [-0.1, -0.05) is 30.3 Å². The largest absolute Gasteiger partial charge is 0.494 e. The summed E-state index contributed by atoms with van der Waals surface area (Å²) in [5.74, 6) is 2.72. The Balaban J connectivity index is 1.21. The molecule has 4 rings (SSSR count). The molecule has 170 valence electrons. The molecule has 0 saturated carbocycles. The molecule has 1 aliphatic heterocycles. The fourth-order valence-electron chi connectivity index (χ4n) is 4.21. The highest BCUT2D eigenvalue weighted by Crippen LogP contribution is 2.24. The molecule has 1 N–H and O–H groups in total. The van der Waals surface area contributed by atoms with E-state index in [1.54, 1.807) is 0 Å². The predicted octanol–water partition coefficient (Wildman–Crippen LogP) is 4.07. The number of aryl methyl sites for hydroxylation is 2. The predicted molar refractivity (Wildman–Crippen MR) is 125 cm³/mol. The van der Waals surface area contributed by atoms with Crippen LogP contribution in [0.2, 0.25) is 0 Å². The van der Waals surface area contributed by atoms with Gasteiger partial charge in [0, 0.05) is 32.0 Å². The summed E-state index contributed by atoms with van der Waals surface area (Å²) in [7, 11) is 0. The van der Waals surface area contributed by atoms with E-state index in [1.807, 2.05) is 61.8 Å². The molecule has 32 heavy (non-hydrogen) atoms. The molecular weight excluding hydrogens is 402 g/mol. The van der Waals surface area contributed by atoms with Crippen LogP contribution in [0.5, 0.6) is 11.5 Å². The first-order valence-corrected chi connectivity index (χ1v) is 11.4. The molecule has 1 aliphatic rings. The van der Waals surface area contributed by atoms with Gasteiger partial charge in [-0.05, 0) is 62.6 Å².